The fourth-order valence-electron chi connectivity index (χ4n) is 8.44. The van der Waals surface area contributed by atoms with Gasteiger partial charge in [-0.05, 0) is 122 Å². The average Bonchev–Trinajstić information content (AvgIpc) is 4.12. The number of nitrogens with zero attached hydrogens (tertiary/aromatic N) is 2. The molecular formula is C60H40N2. The Kier molecular flexibility index (Phi) is 5.77. The SMILES string of the molecule is [2H]c1c([2H])c([2H])c2c(c1[2H])c1c([2H])c(-c3c([2H])c([2H])c4c(c3[2H])c3c([2H])c([2H])c([2H])c([2H])c3n4-c3cc(-c4ccccc4)cc(-c4ccccc4)c3)c([2H])c([2H])c1n2-c1cccc(-c2ccc(-c3ccccc3)cc2)c1. The van der Waals surface area contributed by atoms with Crippen LogP contribution in [0.3, 0.4) is 0 Å². The van der Waals surface area contributed by atoms with Crippen LogP contribution in [0.15, 0.2) is 242 Å². The van der Waals surface area contributed by atoms with Gasteiger partial charge in [-0.25, -0.2) is 0 Å². The molecule has 0 aliphatic heterocycles. The van der Waals surface area contributed by atoms with Gasteiger partial charge in [-0.15, -0.1) is 0 Å². The van der Waals surface area contributed by atoms with Crippen molar-refractivity contribution in [1.29, 1.82) is 0 Å². The van der Waals surface area contributed by atoms with Gasteiger partial charge in [0.25, 0.3) is 0 Å². The van der Waals surface area contributed by atoms with E-state index in [2.05, 4.69) is 0 Å². The average molecular weight is 803 g/mol. The van der Waals surface area contributed by atoms with E-state index >= 15 is 0 Å². The molecule has 0 aliphatic carbocycles. The maximum atomic E-state index is 10.1. The van der Waals surface area contributed by atoms with Crippen LogP contribution < -0.4 is 0 Å². The molecule has 2 aromatic heterocycles. The summed E-state index contributed by atoms with van der Waals surface area (Å²) in [6.45, 7) is 0. The summed E-state index contributed by atoms with van der Waals surface area (Å²) >= 11 is 0. The van der Waals surface area contributed by atoms with Crippen molar-refractivity contribution in [1.82, 2.24) is 9.13 Å². The topological polar surface area (TPSA) is 9.86 Å². The zero-order valence-corrected chi connectivity index (χ0v) is 32.9. The predicted octanol–water partition coefficient (Wildman–Crippen LogP) is 16.2. The highest BCUT2D eigenvalue weighted by Gasteiger charge is 2.18. The molecule has 0 atom stereocenters. The van der Waals surface area contributed by atoms with Crippen molar-refractivity contribution in [3.63, 3.8) is 0 Å². The summed E-state index contributed by atoms with van der Waals surface area (Å²) in [4.78, 5) is 0. The molecule has 62 heavy (non-hydrogen) atoms. The highest BCUT2D eigenvalue weighted by atomic mass is 15.0. The Morgan fingerprint density at radius 2 is 0.645 bits per heavy atom. The highest BCUT2D eigenvalue weighted by molar-refractivity contribution is 6.13. The Bertz CT molecular complexity index is 4360. The lowest BCUT2D eigenvalue weighted by molar-refractivity contribution is 1.18. The van der Waals surface area contributed by atoms with E-state index in [1.807, 2.05) is 140 Å². The third-order valence-electron chi connectivity index (χ3n) is 11.4. The Balaban J connectivity index is 1.15. The number of benzene rings is 10. The minimum absolute atomic E-state index is 0.0587. The van der Waals surface area contributed by atoms with Crippen LogP contribution in [-0.4, -0.2) is 9.13 Å². The first-order valence-electron chi connectivity index (χ1n) is 27.2. The van der Waals surface area contributed by atoms with Gasteiger partial charge in [-0.2, -0.15) is 0 Å². The first-order chi connectivity index (χ1) is 36.6. The quantitative estimate of drug-likeness (QED) is 0.152. The second-order valence-corrected chi connectivity index (χ2v) is 15.1. The minimum Gasteiger partial charge on any atom is -0.309 e. The normalized spacial score (nSPS) is 14.7. The molecule has 0 aliphatic rings. The summed E-state index contributed by atoms with van der Waals surface area (Å²) in [5, 5.41) is -0.538. The summed E-state index contributed by atoms with van der Waals surface area (Å²) in [5.41, 5.74) is 6.36. The lowest BCUT2D eigenvalue weighted by atomic mass is 9.98. The van der Waals surface area contributed by atoms with Crippen molar-refractivity contribution in [2.45, 2.75) is 0 Å². The maximum absolute atomic E-state index is 10.1. The number of rotatable bonds is 7. The molecule has 2 heterocycles. The van der Waals surface area contributed by atoms with Gasteiger partial charge in [0.15, 0.2) is 0 Å². The molecule has 0 N–H and O–H groups in total. The predicted molar refractivity (Wildman–Crippen MR) is 262 cm³/mol. The van der Waals surface area contributed by atoms with Crippen molar-refractivity contribution >= 4 is 43.6 Å². The molecule has 0 radical (unpaired) electrons. The van der Waals surface area contributed by atoms with Crippen LogP contribution >= 0.6 is 0 Å². The first kappa shape index (κ1) is 24.2. The lowest BCUT2D eigenvalue weighted by Gasteiger charge is -2.14. The molecule has 0 spiro atoms. The van der Waals surface area contributed by atoms with Gasteiger partial charge < -0.3 is 9.13 Å². The fraction of sp³-hybridized carbons (Fsp3) is 0. The zero-order valence-electron chi connectivity index (χ0n) is 46.9. The van der Waals surface area contributed by atoms with E-state index in [1.165, 1.54) is 9.13 Å². The van der Waals surface area contributed by atoms with E-state index in [1.54, 1.807) is 18.2 Å². The third-order valence-corrected chi connectivity index (χ3v) is 11.4. The molecule has 0 bridgehead atoms. The van der Waals surface area contributed by atoms with Gasteiger partial charge in [-0.1, -0.05) is 176 Å². The van der Waals surface area contributed by atoms with Gasteiger partial charge in [0.1, 0.15) is 0 Å². The van der Waals surface area contributed by atoms with E-state index in [0.29, 0.717) is 11.4 Å². The first-order valence-corrected chi connectivity index (χ1v) is 20.2. The maximum Gasteiger partial charge on any atom is 0.0645 e. The standard InChI is InChI=1S/C60H40N2/c1-4-15-41(16-5-1)44-27-29-45(30-28-44)46-21-14-22-51(36-46)61-57-25-12-10-23-53(57)55-39-47(31-33-59(55)61)48-32-34-60-56(40-48)54-24-11-13-26-58(54)62(60)52-37-49(42-17-6-2-7-18-42)35-50(38-52)43-19-8-3-9-20-43/h1-40H/i10D,11D,12D,13D,23D,24D,25D,26D,31D,32D,33D,34D,39D,40D. The number of aromatic nitrogens is 2. The molecule has 2 nitrogen and oxygen atoms in total. The van der Waals surface area contributed by atoms with Gasteiger partial charge in [0.05, 0.1) is 41.3 Å². The summed E-state index contributed by atoms with van der Waals surface area (Å²) in [5.74, 6) is 0. The smallest absolute Gasteiger partial charge is 0.0645 e. The van der Waals surface area contributed by atoms with E-state index in [0.717, 1.165) is 44.5 Å². The molecule has 290 valence electrons. The highest BCUT2D eigenvalue weighted by Crippen LogP contribution is 2.40. The lowest BCUT2D eigenvalue weighted by Crippen LogP contribution is -1.96. The van der Waals surface area contributed by atoms with Crippen LogP contribution in [0.5, 0.6) is 0 Å². The summed E-state index contributed by atoms with van der Waals surface area (Å²) < 4.78 is 135. The number of hydrogen-bond donors (Lipinski definition) is 0. The molecule has 10 aromatic carbocycles. The second kappa shape index (κ2) is 14.8. The van der Waals surface area contributed by atoms with Crippen LogP contribution in [0.2, 0.25) is 0 Å². The number of fused-ring (bicyclic) bond motifs is 6. The molecule has 0 unspecified atom stereocenters. The summed E-state index contributed by atoms with van der Waals surface area (Å²) in [7, 11) is 0. The van der Waals surface area contributed by atoms with Crippen LogP contribution in [0.1, 0.15) is 19.2 Å². The molecule has 12 rings (SSSR count). The van der Waals surface area contributed by atoms with Gasteiger partial charge in [-0.3, -0.25) is 0 Å². The second-order valence-electron chi connectivity index (χ2n) is 15.1. The molecule has 0 saturated heterocycles. The molecule has 2 heteroatoms. The van der Waals surface area contributed by atoms with E-state index in [-0.39, 0.29) is 43.6 Å². The fourth-order valence-corrected chi connectivity index (χ4v) is 8.44. The Hall–Kier alpha value is -8.20. The Morgan fingerprint density at radius 3 is 1.16 bits per heavy atom. The largest absolute Gasteiger partial charge is 0.309 e. The third kappa shape index (κ3) is 6.12. The summed E-state index contributed by atoms with van der Waals surface area (Å²) in [6, 6.07) is 42.0. The molecule has 0 amide bonds. The van der Waals surface area contributed by atoms with Gasteiger partial charge in [0, 0.05) is 32.9 Å². The van der Waals surface area contributed by atoms with Gasteiger partial charge in [0.2, 0.25) is 0 Å². The van der Waals surface area contributed by atoms with Crippen molar-refractivity contribution in [3.8, 4) is 67.0 Å². The molecule has 12 aromatic rings. The van der Waals surface area contributed by atoms with E-state index in [4.69, 9.17) is 5.48 Å². The van der Waals surface area contributed by atoms with Crippen LogP contribution in [-0.2, 0) is 0 Å². The van der Waals surface area contributed by atoms with E-state index in [9.17, 15) is 13.7 Å². The van der Waals surface area contributed by atoms with Crippen LogP contribution in [0.4, 0.5) is 0 Å². The van der Waals surface area contributed by atoms with Gasteiger partial charge >= 0.3 is 0 Å². The number of hydrogen-bond acceptors (Lipinski definition) is 0. The Labute approximate surface area is 380 Å². The minimum atomic E-state index is -0.628. The number of para-hydroxylation sites is 2. The van der Waals surface area contributed by atoms with Crippen LogP contribution in [0.25, 0.3) is 111 Å². The van der Waals surface area contributed by atoms with Crippen molar-refractivity contribution < 1.29 is 19.2 Å². The summed E-state index contributed by atoms with van der Waals surface area (Å²) in [6.07, 6.45) is 0. The zero-order chi connectivity index (χ0) is 53.2. The molecular weight excluding hydrogens is 749 g/mol. The van der Waals surface area contributed by atoms with Crippen molar-refractivity contribution in [2.24, 2.45) is 0 Å². The Morgan fingerprint density at radius 1 is 0.258 bits per heavy atom. The van der Waals surface area contributed by atoms with Crippen molar-refractivity contribution in [2.75, 3.05) is 0 Å². The van der Waals surface area contributed by atoms with Crippen LogP contribution in [0, 0.1) is 0 Å². The van der Waals surface area contributed by atoms with E-state index < -0.39 is 95.7 Å². The molecule has 0 fully saturated rings. The van der Waals surface area contributed by atoms with Crippen molar-refractivity contribution in [3.05, 3.63) is 242 Å². The monoisotopic (exact) mass is 802 g/mol. The molecule has 0 saturated carbocycles.